The molecule has 1 heterocycles. The number of hydrogen-bond acceptors (Lipinski definition) is 2. The van der Waals surface area contributed by atoms with Crippen LogP contribution in [0, 0.1) is 0 Å². The van der Waals surface area contributed by atoms with Crippen LogP contribution in [-0.2, 0) is 23.5 Å². The summed E-state index contributed by atoms with van der Waals surface area (Å²) in [6.45, 7) is 1.52. The largest absolute Gasteiger partial charge is 0.372 e. The minimum absolute atomic E-state index is 0.0704. The van der Waals surface area contributed by atoms with Crippen molar-refractivity contribution in [2.24, 2.45) is 5.73 Å². The van der Waals surface area contributed by atoms with E-state index < -0.39 is 0 Å². The number of hydrogen-bond donors (Lipinski definition) is 1. The van der Waals surface area contributed by atoms with Gasteiger partial charge in [0.2, 0.25) is 0 Å². The molecule has 0 bridgehead atoms. The summed E-state index contributed by atoms with van der Waals surface area (Å²) < 4.78 is 5.50. The van der Waals surface area contributed by atoms with Crippen LogP contribution in [0.2, 0.25) is 0 Å². The van der Waals surface area contributed by atoms with Crippen LogP contribution in [0.15, 0.2) is 18.2 Å². The van der Waals surface area contributed by atoms with E-state index in [1.807, 2.05) is 0 Å². The monoisotopic (exact) mass is 203 g/mol. The first-order chi connectivity index (χ1) is 7.30. The summed E-state index contributed by atoms with van der Waals surface area (Å²) in [4.78, 5) is 0. The standard InChI is InChI=1S/C13H17NO/c14-13(6-1-2-7-13)12-5-3-4-10-8-15-9-11(10)12/h3-5H,1-2,6-9,14H2. The molecule has 0 aromatic heterocycles. The molecule has 1 aromatic rings. The molecule has 0 saturated heterocycles. The lowest BCUT2D eigenvalue weighted by Crippen LogP contribution is -2.34. The zero-order valence-electron chi connectivity index (χ0n) is 8.96. The van der Waals surface area contributed by atoms with Gasteiger partial charge in [0.15, 0.2) is 0 Å². The van der Waals surface area contributed by atoms with Crippen molar-refractivity contribution in [2.45, 2.75) is 44.4 Å². The lowest BCUT2D eigenvalue weighted by atomic mass is 9.85. The molecule has 80 valence electrons. The molecule has 1 saturated carbocycles. The van der Waals surface area contributed by atoms with Crippen molar-refractivity contribution in [1.82, 2.24) is 0 Å². The predicted molar refractivity (Wildman–Crippen MR) is 59.3 cm³/mol. The van der Waals surface area contributed by atoms with E-state index >= 15 is 0 Å². The van der Waals surface area contributed by atoms with Gasteiger partial charge in [0.05, 0.1) is 13.2 Å². The molecular formula is C13H17NO. The summed E-state index contributed by atoms with van der Waals surface area (Å²) in [5, 5.41) is 0. The van der Waals surface area contributed by atoms with Gasteiger partial charge in [-0.25, -0.2) is 0 Å². The van der Waals surface area contributed by atoms with Crippen LogP contribution in [0.1, 0.15) is 42.4 Å². The Morgan fingerprint density at radius 2 is 1.93 bits per heavy atom. The van der Waals surface area contributed by atoms with Gasteiger partial charge in [-0.3, -0.25) is 0 Å². The van der Waals surface area contributed by atoms with Crippen molar-refractivity contribution in [2.75, 3.05) is 0 Å². The molecule has 0 radical (unpaired) electrons. The van der Waals surface area contributed by atoms with Gasteiger partial charge in [0.25, 0.3) is 0 Å². The summed E-state index contributed by atoms with van der Waals surface area (Å²) in [6.07, 6.45) is 4.79. The molecule has 15 heavy (non-hydrogen) atoms. The third-order valence-electron chi connectivity index (χ3n) is 3.81. The molecule has 1 fully saturated rings. The van der Waals surface area contributed by atoms with Gasteiger partial charge < -0.3 is 10.5 Å². The molecule has 2 heteroatoms. The summed E-state index contributed by atoms with van der Waals surface area (Å²) in [5.41, 5.74) is 10.5. The van der Waals surface area contributed by atoms with E-state index in [0.29, 0.717) is 0 Å². The lowest BCUT2D eigenvalue weighted by molar-refractivity contribution is 0.133. The van der Waals surface area contributed by atoms with Gasteiger partial charge in [-0.2, -0.15) is 0 Å². The van der Waals surface area contributed by atoms with Crippen LogP contribution in [0.3, 0.4) is 0 Å². The molecule has 0 atom stereocenters. The first-order valence-corrected chi connectivity index (χ1v) is 5.77. The second-order valence-electron chi connectivity index (χ2n) is 4.80. The SMILES string of the molecule is NC1(c2cccc3c2COC3)CCCC1. The van der Waals surface area contributed by atoms with E-state index in [0.717, 1.165) is 26.1 Å². The molecule has 1 aliphatic heterocycles. The molecular weight excluding hydrogens is 186 g/mol. The Kier molecular flexibility index (Phi) is 2.08. The van der Waals surface area contributed by atoms with Gasteiger partial charge in [0.1, 0.15) is 0 Å². The van der Waals surface area contributed by atoms with Crippen molar-refractivity contribution < 1.29 is 4.74 Å². The van der Waals surface area contributed by atoms with Crippen LogP contribution < -0.4 is 5.73 Å². The zero-order chi connectivity index (χ0) is 10.3. The molecule has 1 aliphatic carbocycles. The number of benzene rings is 1. The first kappa shape index (κ1) is 9.37. The molecule has 3 rings (SSSR count). The third-order valence-corrected chi connectivity index (χ3v) is 3.81. The van der Waals surface area contributed by atoms with Crippen molar-refractivity contribution in [1.29, 1.82) is 0 Å². The maximum Gasteiger partial charge on any atom is 0.0728 e. The van der Waals surface area contributed by atoms with E-state index in [1.165, 1.54) is 29.5 Å². The van der Waals surface area contributed by atoms with Crippen LogP contribution >= 0.6 is 0 Å². The summed E-state index contributed by atoms with van der Waals surface area (Å²) in [7, 11) is 0. The van der Waals surface area contributed by atoms with Crippen molar-refractivity contribution in [3.05, 3.63) is 34.9 Å². The average Bonchev–Trinajstić information content (AvgIpc) is 2.85. The highest BCUT2D eigenvalue weighted by molar-refractivity contribution is 5.41. The van der Waals surface area contributed by atoms with E-state index in [2.05, 4.69) is 18.2 Å². The highest BCUT2D eigenvalue weighted by atomic mass is 16.5. The third kappa shape index (κ3) is 1.40. The quantitative estimate of drug-likeness (QED) is 0.761. The van der Waals surface area contributed by atoms with Crippen LogP contribution in [-0.4, -0.2) is 0 Å². The van der Waals surface area contributed by atoms with Gasteiger partial charge >= 0.3 is 0 Å². The maximum absolute atomic E-state index is 6.50. The molecule has 1 aromatic carbocycles. The minimum Gasteiger partial charge on any atom is -0.372 e. The lowest BCUT2D eigenvalue weighted by Gasteiger charge is -2.26. The maximum atomic E-state index is 6.50. The Balaban J connectivity index is 2.08. The summed E-state index contributed by atoms with van der Waals surface area (Å²) >= 11 is 0. The van der Waals surface area contributed by atoms with Crippen molar-refractivity contribution >= 4 is 0 Å². The Morgan fingerprint density at radius 3 is 2.73 bits per heavy atom. The van der Waals surface area contributed by atoms with Crippen LogP contribution in [0.4, 0.5) is 0 Å². The summed E-state index contributed by atoms with van der Waals surface area (Å²) in [6, 6.07) is 6.47. The van der Waals surface area contributed by atoms with Gasteiger partial charge in [-0.05, 0) is 29.5 Å². The summed E-state index contributed by atoms with van der Waals surface area (Å²) in [5.74, 6) is 0. The second-order valence-corrected chi connectivity index (χ2v) is 4.80. The second kappa shape index (κ2) is 3.32. The molecule has 0 spiro atoms. The fourth-order valence-electron chi connectivity index (χ4n) is 2.95. The number of rotatable bonds is 1. The highest BCUT2D eigenvalue weighted by Gasteiger charge is 2.34. The molecule has 2 N–H and O–H groups in total. The first-order valence-electron chi connectivity index (χ1n) is 5.77. The minimum atomic E-state index is -0.0704. The Morgan fingerprint density at radius 1 is 1.13 bits per heavy atom. The van der Waals surface area contributed by atoms with Crippen molar-refractivity contribution in [3.63, 3.8) is 0 Å². The highest BCUT2D eigenvalue weighted by Crippen LogP contribution is 2.40. The Hall–Kier alpha value is -0.860. The smallest absolute Gasteiger partial charge is 0.0728 e. The predicted octanol–water partition coefficient (Wildman–Crippen LogP) is 2.44. The average molecular weight is 203 g/mol. The van der Waals surface area contributed by atoms with E-state index in [-0.39, 0.29) is 5.54 Å². The zero-order valence-corrected chi connectivity index (χ0v) is 8.96. The normalized spacial score (nSPS) is 23.0. The van der Waals surface area contributed by atoms with Crippen molar-refractivity contribution in [3.8, 4) is 0 Å². The fourth-order valence-corrected chi connectivity index (χ4v) is 2.95. The molecule has 2 aliphatic rings. The van der Waals surface area contributed by atoms with E-state index in [1.54, 1.807) is 0 Å². The van der Waals surface area contributed by atoms with Gasteiger partial charge in [-0.15, -0.1) is 0 Å². The molecule has 2 nitrogen and oxygen atoms in total. The number of nitrogens with two attached hydrogens (primary N) is 1. The van der Waals surface area contributed by atoms with E-state index in [9.17, 15) is 0 Å². The Bertz CT molecular complexity index is 380. The number of fused-ring (bicyclic) bond motifs is 1. The van der Waals surface area contributed by atoms with Gasteiger partial charge in [-0.1, -0.05) is 31.0 Å². The molecule has 0 unspecified atom stereocenters. The van der Waals surface area contributed by atoms with Gasteiger partial charge in [0, 0.05) is 5.54 Å². The molecule has 0 amide bonds. The van der Waals surface area contributed by atoms with E-state index in [4.69, 9.17) is 10.5 Å². The van der Waals surface area contributed by atoms with Crippen LogP contribution in [0.25, 0.3) is 0 Å². The fraction of sp³-hybridized carbons (Fsp3) is 0.538. The Labute approximate surface area is 90.4 Å². The van der Waals surface area contributed by atoms with Crippen LogP contribution in [0.5, 0.6) is 0 Å². The topological polar surface area (TPSA) is 35.2 Å². The number of ether oxygens (including phenoxy) is 1.